The SMILES string of the molecule is CCCCCCCC(NCCCCC)C1CCCC1. The Morgan fingerprint density at radius 3 is 2.16 bits per heavy atom. The molecule has 1 fully saturated rings. The molecular weight excluding hydrogens is 230 g/mol. The van der Waals surface area contributed by atoms with Crippen LogP contribution in [0, 0.1) is 5.92 Å². The topological polar surface area (TPSA) is 12.0 Å². The van der Waals surface area contributed by atoms with Crippen LogP contribution in [-0.2, 0) is 0 Å². The summed E-state index contributed by atoms with van der Waals surface area (Å²) in [5.74, 6) is 0.993. The normalized spacial score (nSPS) is 18.0. The summed E-state index contributed by atoms with van der Waals surface area (Å²) in [7, 11) is 0. The van der Waals surface area contributed by atoms with E-state index in [1.54, 1.807) is 0 Å². The molecule has 0 aromatic rings. The summed E-state index contributed by atoms with van der Waals surface area (Å²) in [5.41, 5.74) is 0. The molecule has 114 valence electrons. The molecule has 0 aromatic carbocycles. The van der Waals surface area contributed by atoms with E-state index in [0.717, 1.165) is 12.0 Å². The number of hydrogen-bond acceptors (Lipinski definition) is 1. The molecule has 0 radical (unpaired) electrons. The lowest BCUT2D eigenvalue weighted by molar-refractivity contribution is 0.328. The third-order valence-corrected chi connectivity index (χ3v) is 4.77. The Morgan fingerprint density at radius 2 is 1.47 bits per heavy atom. The number of unbranched alkanes of at least 4 members (excludes halogenated alkanes) is 6. The Morgan fingerprint density at radius 1 is 0.842 bits per heavy atom. The van der Waals surface area contributed by atoms with E-state index < -0.39 is 0 Å². The van der Waals surface area contributed by atoms with E-state index in [1.807, 2.05) is 0 Å². The predicted molar refractivity (Wildman–Crippen MR) is 86.6 cm³/mol. The van der Waals surface area contributed by atoms with Crippen LogP contribution in [0.15, 0.2) is 0 Å². The lowest BCUT2D eigenvalue weighted by atomic mass is 9.92. The summed E-state index contributed by atoms with van der Waals surface area (Å²) < 4.78 is 0. The molecule has 0 saturated heterocycles. The van der Waals surface area contributed by atoms with Crippen LogP contribution < -0.4 is 5.32 Å². The van der Waals surface area contributed by atoms with Crippen molar-refractivity contribution in [2.24, 2.45) is 5.92 Å². The van der Waals surface area contributed by atoms with Gasteiger partial charge in [0.15, 0.2) is 0 Å². The van der Waals surface area contributed by atoms with Crippen molar-refractivity contribution in [2.75, 3.05) is 6.54 Å². The molecule has 0 aliphatic heterocycles. The van der Waals surface area contributed by atoms with Gasteiger partial charge in [-0.3, -0.25) is 0 Å². The van der Waals surface area contributed by atoms with Crippen molar-refractivity contribution in [3.8, 4) is 0 Å². The highest BCUT2D eigenvalue weighted by Gasteiger charge is 2.23. The van der Waals surface area contributed by atoms with Gasteiger partial charge in [-0.2, -0.15) is 0 Å². The minimum absolute atomic E-state index is 0.834. The van der Waals surface area contributed by atoms with Crippen LogP contribution in [0.3, 0.4) is 0 Å². The van der Waals surface area contributed by atoms with E-state index in [9.17, 15) is 0 Å². The van der Waals surface area contributed by atoms with Crippen molar-refractivity contribution in [1.82, 2.24) is 5.32 Å². The smallest absolute Gasteiger partial charge is 0.00953 e. The van der Waals surface area contributed by atoms with Gasteiger partial charge < -0.3 is 5.32 Å². The van der Waals surface area contributed by atoms with Crippen LogP contribution in [0.1, 0.15) is 97.3 Å². The second-order valence-electron chi connectivity index (χ2n) is 6.52. The summed E-state index contributed by atoms with van der Waals surface area (Å²) in [5, 5.41) is 3.89. The molecule has 1 saturated carbocycles. The predicted octanol–water partition coefficient (Wildman–Crippen LogP) is 5.69. The standard InChI is InChI=1S/C18H37N/c1-3-5-7-8-9-15-18(17-13-10-11-14-17)19-16-12-6-4-2/h17-19H,3-16H2,1-2H3. The third kappa shape index (κ3) is 7.97. The van der Waals surface area contributed by atoms with Crippen molar-refractivity contribution in [2.45, 2.75) is 103 Å². The largest absolute Gasteiger partial charge is 0.314 e. The fourth-order valence-corrected chi connectivity index (χ4v) is 3.49. The fraction of sp³-hybridized carbons (Fsp3) is 1.00. The van der Waals surface area contributed by atoms with Gasteiger partial charge in [0.05, 0.1) is 0 Å². The Labute approximate surface area is 121 Å². The maximum Gasteiger partial charge on any atom is 0.00953 e. The first-order valence-corrected chi connectivity index (χ1v) is 9.11. The first-order chi connectivity index (χ1) is 9.38. The quantitative estimate of drug-likeness (QED) is 0.448. The van der Waals surface area contributed by atoms with Gasteiger partial charge in [-0.1, -0.05) is 71.6 Å². The maximum atomic E-state index is 3.89. The van der Waals surface area contributed by atoms with Gasteiger partial charge >= 0.3 is 0 Å². The Balaban J connectivity index is 2.16. The molecule has 1 aliphatic carbocycles. The molecule has 1 aliphatic rings. The molecule has 1 unspecified atom stereocenters. The third-order valence-electron chi connectivity index (χ3n) is 4.77. The number of nitrogens with one attached hydrogen (secondary N) is 1. The number of hydrogen-bond donors (Lipinski definition) is 1. The van der Waals surface area contributed by atoms with Crippen molar-refractivity contribution < 1.29 is 0 Å². The lowest BCUT2D eigenvalue weighted by Crippen LogP contribution is -2.35. The van der Waals surface area contributed by atoms with E-state index >= 15 is 0 Å². The molecule has 19 heavy (non-hydrogen) atoms. The Bertz CT molecular complexity index is 184. The van der Waals surface area contributed by atoms with E-state index in [0.29, 0.717) is 0 Å². The van der Waals surface area contributed by atoms with E-state index in [4.69, 9.17) is 0 Å². The van der Waals surface area contributed by atoms with Crippen LogP contribution in [-0.4, -0.2) is 12.6 Å². The van der Waals surface area contributed by atoms with Crippen LogP contribution in [0.4, 0.5) is 0 Å². The average Bonchev–Trinajstić information content (AvgIpc) is 2.95. The first-order valence-electron chi connectivity index (χ1n) is 9.11. The molecule has 0 amide bonds. The molecule has 1 heteroatoms. The Kier molecular flexibility index (Phi) is 10.5. The van der Waals surface area contributed by atoms with Gasteiger partial charge in [0, 0.05) is 6.04 Å². The van der Waals surface area contributed by atoms with E-state index in [1.165, 1.54) is 90.0 Å². The van der Waals surface area contributed by atoms with Gasteiger partial charge in [0.25, 0.3) is 0 Å². The highest BCUT2D eigenvalue weighted by atomic mass is 14.9. The molecule has 1 nitrogen and oxygen atoms in total. The molecule has 0 bridgehead atoms. The first kappa shape index (κ1) is 17.0. The molecular formula is C18H37N. The lowest BCUT2D eigenvalue weighted by Gasteiger charge is -2.25. The van der Waals surface area contributed by atoms with Crippen LogP contribution in [0.5, 0.6) is 0 Å². The van der Waals surface area contributed by atoms with E-state index in [-0.39, 0.29) is 0 Å². The summed E-state index contributed by atoms with van der Waals surface area (Å²) in [6, 6.07) is 0.834. The minimum Gasteiger partial charge on any atom is -0.314 e. The summed E-state index contributed by atoms with van der Waals surface area (Å²) >= 11 is 0. The van der Waals surface area contributed by atoms with Crippen molar-refractivity contribution >= 4 is 0 Å². The highest BCUT2D eigenvalue weighted by Crippen LogP contribution is 2.30. The minimum atomic E-state index is 0.834. The zero-order chi connectivity index (χ0) is 13.8. The molecule has 0 aromatic heterocycles. The zero-order valence-electron chi connectivity index (χ0n) is 13.6. The monoisotopic (exact) mass is 267 g/mol. The van der Waals surface area contributed by atoms with Gasteiger partial charge in [-0.25, -0.2) is 0 Å². The molecule has 0 spiro atoms. The Hall–Kier alpha value is -0.0400. The van der Waals surface area contributed by atoms with Gasteiger partial charge in [-0.05, 0) is 38.1 Å². The van der Waals surface area contributed by atoms with Crippen LogP contribution in [0.2, 0.25) is 0 Å². The second-order valence-corrected chi connectivity index (χ2v) is 6.52. The van der Waals surface area contributed by atoms with Crippen LogP contribution >= 0.6 is 0 Å². The average molecular weight is 268 g/mol. The van der Waals surface area contributed by atoms with Gasteiger partial charge in [0.1, 0.15) is 0 Å². The van der Waals surface area contributed by atoms with Crippen LogP contribution in [0.25, 0.3) is 0 Å². The number of rotatable bonds is 12. The van der Waals surface area contributed by atoms with Gasteiger partial charge in [-0.15, -0.1) is 0 Å². The van der Waals surface area contributed by atoms with Crippen molar-refractivity contribution in [3.05, 3.63) is 0 Å². The molecule has 1 atom stereocenters. The summed E-state index contributed by atoms with van der Waals surface area (Å²) in [6.45, 7) is 5.85. The highest BCUT2D eigenvalue weighted by molar-refractivity contribution is 4.80. The van der Waals surface area contributed by atoms with Crippen molar-refractivity contribution in [1.29, 1.82) is 0 Å². The summed E-state index contributed by atoms with van der Waals surface area (Å²) in [6.07, 6.45) is 18.6. The maximum absolute atomic E-state index is 3.89. The zero-order valence-corrected chi connectivity index (χ0v) is 13.6. The molecule has 1 N–H and O–H groups in total. The molecule has 0 heterocycles. The fourth-order valence-electron chi connectivity index (χ4n) is 3.49. The van der Waals surface area contributed by atoms with Gasteiger partial charge in [0.2, 0.25) is 0 Å². The van der Waals surface area contributed by atoms with Crippen molar-refractivity contribution in [3.63, 3.8) is 0 Å². The second kappa shape index (κ2) is 11.8. The summed E-state index contributed by atoms with van der Waals surface area (Å²) in [4.78, 5) is 0. The van der Waals surface area contributed by atoms with E-state index in [2.05, 4.69) is 19.2 Å². The molecule has 1 rings (SSSR count).